The summed E-state index contributed by atoms with van der Waals surface area (Å²) < 4.78 is 11.7. The van der Waals surface area contributed by atoms with Crippen LogP contribution in [-0.2, 0) is 9.31 Å². The molecule has 3 heteroatoms. The molecule has 0 radical (unpaired) electrons. The molecule has 1 heterocycles. The molecule has 0 unspecified atom stereocenters. The van der Waals surface area contributed by atoms with E-state index in [9.17, 15) is 0 Å². The van der Waals surface area contributed by atoms with Crippen LogP contribution >= 0.6 is 0 Å². The van der Waals surface area contributed by atoms with Gasteiger partial charge in [0, 0.05) is 0 Å². The maximum absolute atomic E-state index is 5.84. The summed E-state index contributed by atoms with van der Waals surface area (Å²) in [4.78, 5) is 0. The van der Waals surface area contributed by atoms with Gasteiger partial charge in [-0.3, -0.25) is 0 Å². The van der Waals surface area contributed by atoms with Gasteiger partial charge in [0.15, 0.2) is 0 Å². The van der Waals surface area contributed by atoms with Gasteiger partial charge >= 0.3 is 7.12 Å². The predicted molar refractivity (Wildman–Crippen MR) is 59.0 cm³/mol. The van der Waals surface area contributed by atoms with E-state index in [2.05, 4.69) is 33.4 Å². The van der Waals surface area contributed by atoms with Crippen LogP contribution in [0.2, 0.25) is 0 Å². The molecule has 0 bridgehead atoms. The third-order valence-electron chi connectivity index (χ3n) is 2.98. The van der Waals surface area contributed by atoms with Crippen molar-refractivity contribution >= 4 is 7.12 Å². The molecule has 1 rings (SSSR count). The molecule has 78 valence electrons. The van der Waals surface area contributed by atoms with Gasteiger partial charge in [-0.25, -0.2) is 0 Å². The van der Waals surface area contributed by atoms with Crippen molar-refractivity contribution in [2.75, 3.05) is 0 Å². The molecule has 1 fully saturated rings. The van der Waals surface area contributed by atoms with Crippen molar-refractivity contribution in [3.8, 4) is 0 Å². The third kappa shape index (κ3) is 1.95. The molecule has 0 aromatic heterocycles. The van der Waals surface area contributed by atoms with E-state index in [-0.39, 0.29) is 18.3 Å². The minimum atomic E-state index is -0.256. The Morgan fingerprint density at radius 1 is 1.14 bits per heavy atom. The van der Waals surface area contributed by atoms with Gasteiger partial charge in [0.2, 0.25) is 0 Å². The standard InChI is InChI=1S/C11H19BO2/c1-7-8-9(2)12-13-10(3,4)11(5,6)14-12/h7H,1-6H3. The first-order valence-corrected chi connectivity index (χ1v) is 5.03. The molecular weight excluding hydrogens is 175 g/mol. The van der Waals surface area contributed by atoms with E-state index in [0.29, 0.717) is 0 Å². The topological polar surface area (TPSA) is 18.5 Å². The second-order valence-corrected chi connectivity index (χ2v) is 4.70. The minimum Gasteiger partial charge on any atom is -0.399 e. The number of allylic oxidation sites excluding steroid dienone is 1. The van der Waals surface area contributed by atoms with Crippen molar-refractivity contribution in [1.29, 1.82) is 0 Å². The Morgan fingerprint density at radius 3 is 1.93 bits per heavy atom. The van der Waals surface area contributed by atoms with Crippen molar-refractivity contribution in [2.24, 2.45) is 0 Å². The van der Waals surface area contributed by atoms with E-state index < -0.39 is 0 Å². The van der Waals surface area contributed by atoms with Gasteiger partial charge < -0.3 is 9.31 Å². The highest BCUT2D eigenvalue weighted by molar-refractivity contribution is 6.54. The molecule has 0 aromatic carbocycles. The van der Waals surface area contributed by atoms with Gasteiger partial charge in [-0.15, -0.1) is 5.73 Å². The molecule has 1 aliphatic rings. The zero-order chi connectivity index (χ0) is 11.0. The first-order valence-electron chi connectivity index (χ1n) is 5.03. The molecule has 0 aliphatic carbocycles. The lowest BCUT2D eigenvalue weighted by atomic mass is 9.80. The minimum absolute atomic E-state index is 0.254. The molecule has 0 aromatic rings. The average molecular weight is 194 g/mol. The summed E-state index contributed by atoms with van der Waals surface area (Å²) in [5, 5.41) is 0. The lowest BCUT2D eigenvalue weighted by molar-refractivity contribution is 0.00578. The van der Waals surface area contributed by atoms with Crippen molar-refractivity contribution in [3.05, 3.63) is 17.3 Å². The summed E-state index contributed by atoms with van der Waals surface area (Å²) >= 11 is 0. The van der Waals surface area contributed by atoms with E-state index in [0.717, 1.165) is 5.47 Å². The zero-order valence-corrected chi connectivity index (χ0v) is 9.97. The summed E-state index contributed by atoms with van der Waals surface area (Å²) in [5.74, 6) is 0. The molecule has 0 spiro atoms. The summed E-state index contributed by atoms with van der Waals surface area (Å²) in [6.07, 6.45) is 1.88. The Balaban J connectivity index is 2.89. The second-order valence-electron chi connectivity index (χ2n) is 4.70. The third-order valence-corrected chi connectivity index (χ3v) is 2.98. The second kappa shape index (κ2) is 3.58. The van der Waals surface area contributed by atoms with Crippen molar-refractivity contribution in [3.63, 3.8) is 0 Å². The van der Waals surface area contributed by atoms with Crippen LogP contribution in [-0.4, -0.2) is 18.3 Å². The Labute approximate surface area is 87.1 Å². The Hall–Kier alpha value is -0.495. The quantitative estimate of drug-likeness (QED) is 0.472. The van der Waals surface area contributed by atoms with Crippen LogP contribution in [0.15, 0.2) is 17.3 Å². The zero-order valence-electron chi connectivity index (χ0n) is 9.97. The SMILES string of the molecule is CC=C=C(C)B1OC(C)(C)C(C)(C)O1. The Morgan fingerprint density at radius 2 is 1.57 bits per heavy atom. The highest BCUT2D eigenvalue weighted by Gasteiger charge is 2.51. The molecule has 0 N–H and O–H groups in total. The van der Waals surface area contributed by atoms with Gasteiger partial charge in [0.1, 0.15) is 0 Å². The van der Waals surface area contributed by atoms with Crippen LogP contribution in [0, 0.1) is 0 Å². The largest absolute Gasteiger partial charge is 0.498 e. The monoisotopic (exact) mass is 194 g/mol. The smallest absolute Gasteiger partial charge is 0.399 e. The van der Waals surface area contributed by atoms with Crippen LogP contribution in [0.3, 0.4) is 0 Å². The Kier molecular flexibility index (Phi) is 2.96. The van der Waals surface area contributed by atoms with E-state index in [1.807, 2.05) is 19.9 Å². The first-order chi connectivity index (χ1) is 6.30. The van der Waals surface area contributed by atoms with Crippen LogP contribution in [0.1, 0.15) is 41.5 Å². The predicted octanol–water partition coefficient (Wildman–Crippen LogP) is 2.74. The molecule has 0 saturated carbocycles. The molecule has 14 heavy (non-hydrogen) atoms. The average Bonchev–Trinajstić information content (AvgIpc) is 2.22. The molecule has 0 atom stereocenters. The van der Waals surface area contributed by atoms with Crippen LogP contribution < -0.4 is 0 Å². The van der Waals surface area contributed by atoms with Gasteiger partial charge in [-0.05, 0) is 53.1 Å². The molecule has 1 saturated heterocycles. The first kappa shape index (κ1) is 11.6. The van der Waals surface area contributed by atoms with Crippen molar-refractivity contribution in [1.82, 2.24) is 0 Å². The lowest BCUT2D eigenvalue weighted by Crippen LogP contribution is -2.41. The number of hydrogen-bond donors (Lipinski definition) is 0. The summed E-state index contributed by atoms with van der Waals surface area (Å²) in [6, 6.07) is 0. The van der Waals surface area contributed by atoms with Gasteiger partial charge in [-0.1, -0.05) is 0 Å². The van der Waals surface area contributed by atoms with Crippen LogP contribution in [0.4, 0.5) is 0 Å². The fourth-order valence-electron chi connectivity index (χ4n) is 1.32. The van der Waals surface area contributed by atoms with E-state index in [1.54, 1.807) is 0 Å². The molecule has 1 aliphatic heterocycles. The molecular formula is C11H19BO2. The molecule has 0 amide bonds. The highest BCUT2D eigenvalue weighted by Crippen LogP contribution is 2.38. The summed E-state index contributed by atoms with van der Waals surface area (Å²) in [7, 11) is -0.254. The fraction of sp³-hybridized carbons (Fsp3) is 0.727. The lowest BCUT2D eigenvalue weighted by Gasteiger charge is -2.32. The van der Waals surface area contributed by atoms with Gasteiger partial charge in [-0.2, -0.15) is 0 Å². The molecule has 2 nitrogen and oxygen atoms in total. The summed E-state index contributed by atoms with van der Waals surface area (Å²) in [5.41, 5.74) is 3.59. The van der Waals surface area contributed by atoms with Crippen LogP contribution in [0.5, 0.6) is 0 Å². The van der Waals surface area contributed by atoms with Crippen molar-refractivity contribution in [2.45, 2.75) is 52.7 Å². The maximum atomic E-state index is 5.84. The highest BCUT2D eigenvalue weighted by atomic mass is 16.7. The van der Waals surface area contributed by atoms with Crippen LogP contribution in [0.25, 0.3) is 0 Å². The fourth-order valence-corrected chi connectivity index (χ4v) is 1.32. The van der Waals surface area contributed by atoms with E-state index in [4.69, 9.17) is 9.31 Å². The number of hydrogen-bond acceptors (Lipinski definition) is 2. The normalized spacial score (nSPS) is 23.1. The van der Waals surface area contributed by atoms with Crippen molar-refractivity contribution < 1.29 is 9.31 Å². The number of rotatable bonds is 1. The maximum Gasteiger partial charge on any atom is 0.498 e. The summed E-state index contributed by atoms with van der Waals surface area (Å²) in [6.45, 7) is 12.1. The Bertz CT molecular complexity index is 270. The van der Waals surface area contributed by atoms with Gasteiger partial charge in [0.25, 0.3) is 0 Å². The van der Waals surface area contributed by atoms with E-state index in [1.165, 1.54) is 0 Å². The van der Waals surface area contributed by atoms with Gasteiger partial charge in [0.05, 0.1) is 11.2 Å². The van der Waals surface area contributed by atoms with E-state index >= 15 is 0 Å².